The third-order valence-corrected chi connectivity index (χ3v) is 4.14. The monoisotopic (exact) mass is 318 g/mol. The summed E-state index contributed by atoms with van der Waals surface area (Å²) in [5.74, 6) is -1.33. The van der Waals surface area contributed by atoms with Gasteiger partial charge in [0.15, 0.2) is 0 Å². The van der Waals surface area contributed by atoms with Crippen molar-refractivity contribution in [2.45, 2.75) is 18.9 Å². The Kier molecular flexibility index (Phi) is 5.58. The normalized spacial score (nSPS) is 14.9. The molecule has 3 nitrogen and oxygen atoms in total. The third-order valence-electron chi connectivity index (χ3n) is 3.89. The van der Waals surface area contributed by atoms with E-state index >= 15 is 0 Å². The molecule has 0 saturated carbocycles. The van der Waals surface area contributed by atoms with Crippen LogP contribution in [-0.4, -0.2) is 18.2 Å². The second-order valence-electron chi connectivity index (χ2n) is 5.24. The largest absolute Gasteiger partial charge is 0.469 e. The number of esters is 1. The maximum atomic E-state index is 12.2. The van der Waals surface area contributed by atoms with Crippen molar-refractivity contribution in [3.8, 4) is 0 Å². The van der Waals surface area contributed by atoms with Crippen molar-refractivity contribution in [3.05, 3.63) is 70.7 Å². The highest BCUT2D eigenvalue weighted by atomic mass is 35.5. The minimum absolute atomic E-state index is 0.208. The van der Waals surface area contributed by atoms with Gasteiger partial charge in [0.25, 0.3) is 0 Å². The summed E-state index contributed by atoms with van der Waals surface area (Å²) in [7, 11) is 1.33. The Morgan fingerprint density at radius 3 is 2.18 bits per heavy atom. The lowest BCUT2D eigenvalue weighted by atomic mass is 9.81. The van der Waals surface area contributed by atoms with Crippen LogP contribution in [0.1, 0.15) is 30.1 Å². The summed E-state index contributed by atoms with van der Waals surface area (Å²) in [6.45, 7) is 1.90. The van der Waals surface area contributed by atoms with Gasteiger partial charge in [-0.2, -0.15) is 0 Å². The highest BCUT2D eigenvalue weighted by molar-refractivity contribution is 6.30. The second kappa shape index (κ2) is 7.43. The zero-order valence-electron chi connectivity index (χ0n) is 12.6. The molecule has 1 N–H and O–H groups in total. The SMILES string of the molecule is COC(=O)[C@@H]([C@H](C)c1ccc(Cl)cc1)[C@@H](O)c1ccccc1. The van der Waals surface area contributed by atoms with Crippen molar-refractivity contribution in [1.82, 2.24) is 0 Å². The quantitative estimate of drug-likeness (QED) is 0.849. The number of hydrogen-bond acceptors (Lipinski definition) is 3. The zero-order valence-corrected chi connectivity index (χ0v) is 13.3. The van der Waals surface area contributed by atoms with Crippen LogP contribution in [0.4, 0.5) is 0 Å². The van der Waals surface area contributed by atoms with Crippen LogP contribution in [0.15, 0.2) is 54.6 Å². The van der Waals surface area contributed by atoms with E-state index in [1.54, 1.807) is 24.3 Å². The molecule has 4 heteroatoms. The van der Waals surface area contributed by atoms with Crippen LogP contribution in [0.5, 0.6) is 0 Å². The molecule has 0 saturated heterocycles. The first-order chi connectivity index (χ1) is 10.5. The number of aliphatic hydroxyl groups is 1. The topological polar surface area (TPSA) is 46.5 Å². The Morgan fingerprint density at radius 1 is 1.05 bits per heavy atom. The van der Waals surface area contributed by atoms with E-state index in [2.05, 4.69) is 0 Å². The van der Waals surface area contributed by atoms with E-state index < -0.39 is 18.0 Å². The molecule has 0 fully saturated rings. The van der Waals surface area contributed by atoms with Gasteiger partial charge in [-0.15, -0.1) is 0 Å². The Hall–Kier alpha value is -1.84. The lowest BCUT2D eigenvalue weighted by molar-refractivity contribution is -0.150. The van der Waals surface area contributed by atoms with Crippen LogP contribution in [0.2, 0.25) is 5.02 Å². The van der Waals surface area contributed by atoms with Gasteiger partial charge in [0.1, 0.15) is 0 Å². The van der Waals surface area contributed by atoms with Crippen molar-refractivity contribution in [3.63, 3.8) is 0 Å². The lowest BCUT2D eigenvalue weighted by Gasteiger charge is -2.27. The van der Waals surface area contributed by atoms with Crippen molar-refractivity contribution >= 4 is 17.6 Å². The molecule has 0 amide bonds. The standard InChI is InChI=1S/C18H19ClO3/c1-12(13-8-10-15(19)11-9-13)16(18(21)22-2)17(20)14-6-4-3-5-7-14/h3-12,16-17,20H,1-2H3/t12-,16+,17+/m1/s1. The first-order valence-corrected chi connectivity index (χ1v) is 7.48. The fourth-order valence-corrected chi connectivity index (χ4v) is 2.70. The van der Waals surface area contributed by atoms with Gasteiger partial charge in [0.2, 0.25) is 0 Å². The Bertz CT molecular complexity index is 610. The molecule has 0 aliphatic heterocycles. The highest BCUT2D eigenvalue weighted by Crippen LogP contribution is 2.35. The van der Waals surface area contributed by atoms with Gasteiger partial charge in [0.05, 0.1) is 19.1 Å². The molecule has 0 aromatic heterocycles. The smallest absolute Gasteiger partial charge is 0.312 e. The number of hydrogen-bond donors (Lipinski definition) is 1. The summed E-state index contributed by atoms with van der Waals surface area (Å²) >= 11 is 5.90. The van der Waals surface area contributed by atoms with Crippen molar-refractivity contribution in [2.75, 3.05) is 7.11 Å². The fourth-order valence-electron chi connectivity index (χ4n) is 2.57. The predicted molar refractivity (Wildman–Crippen MR) is 86.8 cm³/mol. The first kappa shape index (κ1) is 16.5. The zero-order chi connectivity index (χ0) is 16.1. The Labute approximate surface area is 135 Å². The van der Waals surface area contributed by atoms with Crippen LogP contribution >= 0.6 is 11.6 Å². The Balaban J connectivity index is 2.33. The maximum absolute atomic E-state index is 12.2. The average molecular weight is 319 g/mol. The number of aliphatic hydroxyl groups excluding tert-OH is 1. The van der Waals surface area contributed by atoms with Gasteiger partial charge in [-0.25, -0.2) is 0 Å². The van der Waals surface area contributed by atoms with E-state index in [9.17, 15) is 9.90 Å². The molecule has 116 valence electrons. The van der Waals surface area contributed by atoms with Crippen LogP contribution in [-0.2, 0) is 9.53 Å². The van der Waals surface area contributed by atoms with E-state index in [1.807, 2.05) is 37.3 Å². The van der Waals surface area contributed by atoms with Crippen LogP contribution in [0.25, 0.3) is 0 Å². The summed E-state index contributed by atoms with van der Waals surface area (Å²) < 4.78 is 4.90. The second-order valence-corrected chi connectivity index (χ2v) is 5.68. The number of carbonyl (C=O) groups is 1. The number of rotatable bonds is 5. The number of carbonyl (C=O) groups excluding carboxylic acids is 1. The fraction of sp³-hybridized carbons (Fsp3) is 0.278. The van der Waals surface area contributed by atoms with Crippen LogP contribution in [0.3, 0.4) is 0 Å². The molecule has 0 aliphatic rings. The molecule has 2 aromatic rings. The van der Waals surface area contributed by atoms with Crippen LogP contribution < -0.4 is 0 Å². The Morgan fingerprint density at radius 2 is 1.64 bits per heavy atom. The number of halogens is 1. The van der Waals surface area contributed by atoms with Crippen molar-refractivity contribution in [2.24, 2.45) is 5.92 Å². The third kappa shape index (κ3) is 3.67. The van der Waals surface area contributed by atoms with E-state index in [4.69, 9.17) is 16.3 Å². The lowest BCUT2D eigenvalue weighted by Crippen LogP contribution is -2.28. The number of ether oxygens (including phenoxy) is 1. The predicted octanol–water partition coefficient (Wildman–Crippen LogP) is 3.97. The van der Waals surface area contributed by atoms with E-state index in [0.29, 0.717) is 10.6 Å². The molecule has 0 heterocycles. The molecule has 2 aromatic carbocycles. The van der Waals surface area contributed by atoms with Gasteiger partial charge < -0.3 is 9.84 Å². The van der Waals surface area contributed by atoms with Gasteiger partial charge >= 0.3 is 5.97 Å². The molecular formula is C18H19ClO3. The number of methoxy groups -OCH3 is 1. The molecule has 0 spiro atoms. The molecular weight excluding hydrogens is 300 g/mol. The first-order valence-electron chi connectivity index (χ1n) is 7.11. The van der Waals surface area contributed by atoms with Gasteiger partial charge in [0, 0.05) is 5.02 Å². The molecule has 0 aliphatic carbocycles. The molecule has 3 atom stereocenters. The van der Waals surface area contributed by atoms with Gasteiger partial charge in [-0.1, -0.05) is 61.0 Å². The summed E-state index contributed by atoms with van der Waals surface area (Å²) in [6, 6.07) is 16.4. The number of benzene rings is 2. The van der Waals surface area contributed by atoms with E-state index in [0.717, 1.165) is 5.56 Å². The molecule has 0 radical (unpaired) electrons. The summed E-state index contributed by atoms with van der Waals surface area (Å²) in [5.41, 5.74) is 1.62. The molecule has 0 unspecified atom stereocenters. The molecule has 0 bridgehead atoms. The van der Waals surface area contributed by atoms with Crippen molar-refractivity contribution < 1.29 is 14.6 Å². The summed E-state index contributed by atoms with van der Waals surface area (Å²) in [4.78, 5) is 12.2. The van der Waals surface area contributed by atoms with E-state index in [-0.39, 0.29) is 5.92 Å². The average Bonchev–Trinajstić information content (AvgIpc) is 2.56. The minimum Gasteiger partial charge on any atom is -0.469 e. The highest BCUT2D eigenvalue weighted by Gasteiger charge is 2.34. The van der Waals surface area contributed by atoms with E-state index in [1.165, 1.54) is 7.11 Å². The minimum atomic E-state index is -0.931. The maximum Gasteiger partial charge on any atom is 0.312 e. The van der Waals surface area contributed by atoms with Gasteiger partial charge in [-0.3, -0.25) is 4.79 Å². The molecule has 2 rings (SSSR count). The summed E-state index contributed by atoms with van der Waals surface area (Å²) in [5, 5.41) is 11.3. The summed E-state index contributed by atoms with van der Waals surface area (Å²) in [6.07, 6.45) is -0.931. The van der Waals surface area contributed by atoms with Crippen LogP contribution in [0, 0.1) is 5.92 Å². The molecule has 22 heavy (non-hydrogen) atoms. The van der Waals surface area contributed by atoms with Crippen molar-refractivity contribution in [1.29, 1.82) is 0 Å². The van der Waals surface area contributed by atoms with Gasteiger partial charge in [-0.05, 0) is 29.2 Å².